The number of ether oxygens (including phenoxy) is 1. The van der Waals surface area contributed by atoms with Gasteiger partial charge in [-0.05, 0) is 12.8 Å². The van der Waals surface area contributed by atoms with Crippen LogP contribution >= 0.6 is 0 Å². The molecular weight excluding hydrogens is 196 g/mol. The number of esters is 1. The van der Waals surface area contributed by atoms with Crippen LogP contribution in [0.4, 0.5) is 0 Å². The average Bonchev–Trinajstić information content (AvgIpc) is 2.43. The van der Waals surface area contributed by atoms with Gasteiger partial charge in [-0.1, -0.05) is 26.7 Å². The van der Waals surface area contributed by atoms with Gasteiger partial charge >= 0.3 is 11.9 Å². The van der Waals surface area contributed by atoms with E-state index in [9.17, 15) is 9.59 Å². The molecule has 0 bridgehead atoms. The fraction of sp³-hybridized carbons (Fsp3) is 0.818. The van der Waals surface area contributed by atoms with E-state index in [1.807, 2.05) is 0 Å². The molecule has 0 saturated carbocycles. The third kappa shape index (κ3) is 2.70. The summed E-state index contributed by atoms with van der Waals surface area (Å²) in [5.74, 6) is -2.46. The Bertz CT molecular complexity index is 249. The second-order valence-corrected chi connectivity index (χ2v) is 4.12. The summed E-state index contributed by atoms with van der Waals surface area (Å²) < 4.78 is 5.07. The van der Waals surface area contributed by atoms with Gasteiger partial charge in [-0.25, -0.2) is 0 Å². The fourth-order valence-corrected chi connectivity index (χ4v) is 2.01. The Hall–Kier alpha value is -1.06. The highest BCUT2D eigenvalue weighted by molar-refractivity contribution is 5.84. The van der Waals surface area contributed by atoms with E-state index >= 15 is 0 Å². The van der Waals surface area contributed by atoms with E-state index in [4.69, 9.17) is 9.84 Å². The van der Waals surface area contributed by atoms with E-state index in [0.717, 1.165) is 19.3 Å². The van der Waals surface area contributed by atoms with Crippen LogP contribution in [0.2, 0.25) is 0 Å². The molecule has 86 valence electrons. The van der Waals surface area contributed by atoms with Crippen molar-refractivity contribution in [2.24, 2.45) is 11.8 Å². The van der Waals surface area contributed by atoms with E-state index in [1.165, 1.54) is 0 Å². The Kier molecular flexibility index (Phi) is 4.12. The molecule has 0 aromatic rings. The van der Waals surface area contributed by atoms with Crippen molar-refractivity contribution in [1.29, 1.82) is 0 Å². The maximum absolute atomic E-state index is 11.2. The smallest absolute Gasteiger partial charge is 0.311 e. The van der Waals surface area contributed by atoms with Gasteiger partial charge in [0.1, 0.15) is 12.0 Å². The summed E-state index contributed by atoms with van der Waals surface area (Å²) in [4.78, 5) is 22.2. The predicted molar refractivity (Wildman–Crippen MR) is 54.3 cm³/mol. The van der Waals surface area contributed by atoms with Crippen LogP contribution in [0.15, 0.2) is 0 Å². The van der Waals surface area contributed by atoms with Gasteiger partial charge in [0, 0.05) is 0 Å². The van der Waals surface area contributed by atoms with E-state index in [-0.39, 0.29) is 5.97 Å². The summed E-state index contributed by atoms with van der Waals surface area (Å²) in [7, 11) is 0. The Labute approximate surface area is 89.6 Å². The molecule has 0 aromatic carbocycles. The number of rotatable bonds is 5. The zero-order chi connectivity index (χ0) is 11.4. The molecule has 4 nitrogen and oxygen atoms in total. The lowest BCUT2D eigenvalue weighted by Crippen LogP contribution is -2.27. The van der Waals surface area contributed by atoms with E-state index in [0.29, 0.717) is 6.42 Å². The van der Waals surface area contributed by atoms with Gasteiger partial charge in [-0.2, -0.15) is 0 Å². The maximum atomic E-state index is 11.2. The van der Waals surface area contributed by atoms with E-state index in [1.54, 1.807) is 6.92 Å². The van der Waals surface area contributed by atoms with Gasteiger partial charge in [0.15, 0.2) is 0 Å². The molecule has 1 aliphatic rings. The van der Waals surface area contributed by atoms with Crippen molar-refractivity contribution >= 4 is 11.9 Å². The first-order valence-electron chi connectivity index (χ1n) is 5.51. The third-order valence-electron chi connectivity index (χ3n) is 2.96. The molecule has 0 unspecified atom stereocenters. The minimum absolute atomic E-state index is 0.371. The van der Waals surface area contributed by atoms with Crippen LogP contribution in [0.25, 0.3) is 0 Å². The van der Waals surface area contributed by atoms with Crippen molar-refractivity contribution in [3.05, 3.63) is 0 Å². The monoisotopic (exact) mass is 214 g/mol. The maximum Gasteiger partial charge on any atom is 0.311 e. The Morgan fingerprint density at radius 3 is 2.67 bits per heavy atom. The van der Waals surface area contributed by atoms with Crippen LogP contribution in [0, 0.1) is 11.8 Å². The Morgan fingerprint density at radius 2 is 2.13 bits per heavy atom. The van der Waals surface area contributed by atoms with Gasteiger partial charge in [0.2, 0.25) is 0 Å². The van der Waals surface area contributed by atoms with Crippen molar-refractivity contribution < 1.29 is 19.4 Å². The van der Waals surface area contributed by atoms with Crippen molar-refractivity contribution in [1.82, 2.24) is 0 Å². The predicted octanol–water partition coefficient (Wildman–Crippen LogP) is 1.83. The van der Waals surface area contributed by atoms with Crippen LogP contribution < -0.4 is 0 Å². The SMILES string of the molecule is CCCCC[C@@H]1OC(=O)[C@H](C)[C@@H]1C(=O)O. The number of cyclic esters (lactones) is 1. The van der Waals surface area contributed by atoms with Crippen molar-refractivity contribution in [3.8, 4) is 0 Å². The second-order valence-electron chi connectivity index (χ2n) is 4.12. The molecule has 1 heterocycles. The van der Waals surface area contributed by atoms with Crippen molar-refractivity contribution in [2.45, 2.75) is 45.6 Å². The number of unbranched alkanes of at least 4 members (excludes halogenated alkanes) is 2. The number of carbonyl (C=O) groups excluding carboxylic acids is 1. The zero-order valence-corrected chi connectivity index (χ0v) is 9.23. The normalized spacial score (nSPS) is 30.3. The quantitative estimate of drug-likeness (QED) is 0.560. The molecule has 1 fully saturated rings. The molecule has 0 aromatic heterocycles. The molecule has 15 heavy (non-hydrogen) atoms. The number of carbonyl (C=O) groups is 2. The van der Waals surface area contributed by atoms with Crippen LogP contribution in [-0.2, 0) is 14.3 Å². The van der Waals surface area contributed by atoms with Crippen molar-refractivity contribution in [2.75, 3.05) is 0 Å². The van der Waals surface area contributed by atoms with Crippen molar-refractivity contribution in [3.63, 3.8) is 0 Å². The third-order valence-corrected chi connectivity index (χ3v) is 2.96. The Morgan fingerprint density at radius 1 is 1.47 bits per heavy atom. The minimum Gasteiger partial charge on any atom is -0.481 e. The number of carboxylic acid groups (broad SMARTS) is 1. The molecule has 3 atom stereocenters. The first kappa shape index (κ1) is 12.0. The summed E-state index contributed by atoms with van der Waals surface area (Å²) in [6, 6.07) is 0. The van der Waals surface area contributed by atoms with E-state index < -0.39 is 23.9 Å². The van der Waals surface area contributed by atoms with E-state index in [2.05, 4.69) is 6.92 Å². The summed E-state index contributed by atoms with van der Waals surface area (Å²) in [5.41, 5.74) is 0. The Balaban J connectivity index is 2.55. The standard InChI is InChI=1S/C11H18O4/c1-3-4-5-6-8-9(10(12)13)7(2)11(14)15-8/h7-9H,3-6H2,1-2H3,(H,12,13)/t7-,8+,9+/m1/s1. The van der Waals surface area contributed by atoms with Crippen LogP contribution in [0.1, 0.15) is 39.5 Å². The second kappa shape index (κ2) is 5.14. The molecule has 0 amide bonds. The highest BCUT2D eigenvalue weighted by atomic mass is 16.6. The number of carboxylic acids is 1. The van der Waals surface area contributed by atoms with Gasteiger partial charge in [-0.15, -0.1) is 0 Å². The zero-order valence-electron chi connectivity index (χ0n) is 9.23. The fourth-order valence-electron chi connectivity index (χ4n) is 2.01. The molecule has 0 aliphatic carbocycles. The molecule has 1 saturated heterocycles. The minimum atomic E-state index is -0.921. The first-order chi connectivity index (χ1) is 7.07. The molecule has 1 N–H and O–H groups in total. The molecule has 4 heteroatoms. The van der Waals surface area contributed by atoms with Gasteiger partial charge in [0.05, 0.1) is 5.92 Å². The molecule has 0 spiro atoms. The van der Waals surface area contributed by atoms with Crippen LogP contribution in [0.5, 0.6) is 0 Å². The number of aliphatic carboxylic acids is 1. The number of hydrogen-bond acceptors (Lipinski definition) is 3. The highest BCUT2D eigenvalue weighted by Crippen LogP contribution is 2.31. The van der Waals surface area contributed by atoms with Crippen LogP contribution in [-0.4, -0.2) is 23.1 Å². The first-order valence-corrected chi connectivity index (χ1v) is 5.51. The lowest BCUT2D eigenvalue weighted by molar-refractivity contribution is -0.144. The lowest BCUT2D eigenvalue weighted by atomic mass is 9.89. The molecule has 1 rings (SSSR count). The van der Waals surface area contributed by atoms with Gasteiger partial charge < -0.3 is 9.84 Å². The highest BCUT2D eigenvalue weighted by Gasteiger charge is 2.45. The van der Waals surface area contributed by atoms with Gasteiger partial charge in [0.25, 0.3) is 0 Å². The summed E-state index contributed by atoms with van der Waals surface area (Å²) in [6.45, 7) is 3.71. The molecule has 0 radical (unpaired) electrons. The molecule has 1 aliphatic heterocycles. The summed E-state index contributed by atoms with van der Waals surface area (Å²) in [5, 5.41) is 9.00. The lowest BCUT2D eigenvalue weighted by Gasteiger charge is -2.14. The van der Waals surface area contributed by atoms with Gasteiger partial charge in [-0.3, -0.25) is 9.59 Å². The largest absolute Gasteiger partial charge is 0.481 e. The average molecular weight is 214 g/mol. The number of hydrogen-bond donors (Lipinski definition) is 1. The summed E-state index contributed by atoms with van der Waals surface area (Å²) in [6.07, 6.45) is 3.30. The van der Waals surface area contributed by atoms with Crippen LogP contribution in [0.3, 0.4) is 0 Å². The summed E-state index contributed by atoms with van der Waals surface area (Å²) >= 11 is 0. The topological polar surface area (TPSA) is 63.6 Å². The molecular formula is C11H18O4.